The van der Waals surface area contributed by atoms with Gasteiger partial charge in [0.25, 0.3) is 5.56 Å². The monoisotopic (exact) mass is 394 g/mol. The summed E-state index contributed by atoms with van der Waals surface area (Å²) < 4.78 is 1.62. The smallest absolute Gasteiger partial charge is 0.321 e. The molecule has 0 saturated heterocycles. The molecular formula is C17H22N4O3S2. The number of imide groups is 1. The van der Waals surface area contributed by atoms with E-state index in [-0.39, 0.29) is 11.3 Å². The number of nitrogens with one attached hydrogen (secondary N) is 2. The summed E-state index contributed by atoms with van der Waals surface area (Å²) in [6.07, 6.45) is 3.03. The van der Waals surface area contributed by atoms with E-state index in [1.54, 1.807) is 15.9 Å². The van der Waals surface area contributed by atoms with Crippen LogP contribution in [0, 0.1) is 5.92 Å². The number of aromatic nitrogens is 2. The number of hydrogen-bond donors (Lipinski definition) is 2. The molecule has 26 heavy (non-hydrogen) atoms. The van der Waals surface area contributed by atoms with Crippen molar-refractivity contribution in [1.82, 2.24) is 20.2 Å². The highest BCUT2D eigenvalue weighted by Crippen LogP contribution is 2.36. The lowest BCUT2D eigenvalue weighted by Crippen LogP contribution is -2.38. The molecule has 3 rings (SSSR count). The van der Waals surface area contributed by atoms with Gasteiger partial charge in [0.05, 0.1) is 11.1 Å². The van der Waals surface area contributed by atoms with Crippen LogP contribution < -0.4 is 16.2 Å². The Morgan fingerprint density at radius 2 is 2.19 bits per heavy atom. The fraction of sp³-hybridized carbons (Fsp3) is 0.529. The Hall–Kier alpha value is -1.87. The standard InChI is InChI=1S/C17H22N4O3S2/c1-4-21-15(23)13-10-6-5-9(2)7-11(10)26-14(13)20-17(21)25-8-12(22)19-16(24)18-3/h9H,4-8H2,1-3H3,(H2,18,19,22,24)/t9-/m0/s1. The van der Waals surface area contributed by atoms with Crippen LogP contribution in [0.4, 0.5) is 4.79 Å². The van der Waals surface area contributed by atoms with E-state index >= 15 is 0 Å². The molecule has 0 unspecified atom stereocenters. The maximum Gasteiger partial charge on any atom is 0.321 e. The molecule has 0 aromatic carbocycles. The normalized spacial score (nSPS) is 16.3. The van der Waals surface area contributed by atoms with Crippen LogP contribution in [-0.4, -0.2) is 34.3 Å². The predicted molar refractivity (Wildman–Crippen MR) is 104 cm³/mol. The van der Waals surface area contributed by atoms with E-state index < -0.39 is 11.9 Å². The van der Waals surface area contributed by atoms with Crippen molar-refractivity contribution in [2.24, 2.45) is 5.92 Å². The van der Waals surface area contributed by atoms with Crippen molar-refractivity contribution in [2.45, 2.75) is 44.8 Å². The second kappa shape index (κ2) is 7.79. The van der Waals surface area contributed by atoms with Gasteiger partial charge in [-0.1, -0.05) is 18.7 Å². The summed E-state index contributed by atoms with van der Waals surface area (Å²) in [5, 5.41) is 5.81. The van der Waals surface area contributed by atoms with Gasteiger partial charge in [0, 0.05) is 18.5 Å². The first-order chi connectivity index (χ1) is 12.4. The van der Waals surface area contributed by atoms with Gasteiger partial charge in [-0.3, -0.25) is 19.5 Å². The molecule has 2 aromatic heterocycles. The molecule has 140 valence electrons. The predicted octanol–water partition coefficient (Wildman–Crippen LogP) is 2.15. The molecule has 0 fully saturated rings. The minimum atomic E-state index is -0.549. The number of carbonyl (C=O) groups excluding carboxylic acids is 2. The molecule has 0 aliphatic heterocycles. The third-order valence-corrected chi connectivity index (χ3v) is 6.63. The Morgan fingerprint density at radius 1 is 1.42 bits per heavy atom. The van der Waals surface area contributed by atoms with Gasteiger partial charge in [0.2, 0.25) is 5.91 Å². The SMILES string of the molecule is CCn1c(SCC(=O)NC(=O)NC)nc2sc3c(c2c1=O)CC[C@H](C)C3. The zero-order chi connectivity index (χ0) is 18.8. The van der Waals surface area contributed by atoms with Crippen LogP contribution in [-0.2, 0) is 24.2 Å². The highest BCUT2D eigenvalue weighted by atomic mass is 32.2. The molecule has 3 amide bonds. The van der Waals surface area contributed by atoms with E-state index in [0.29, 0.717) is 17.6 Å². The van der Waals surface area contributed by atoms with Crippen molar-refractivity contribution in [3.8, 4) is 0 Å². The Balaban J connectivity index is 1.92. The first kappa shape index (κ1) is 18.9. The largest absolute Gasteiger partial charge is 0.341 e. The van der Waals surface area contributed by atoms with Gasteiger partial charge >= 0.3 is 6.03 Å². The Labute approximate surface area is 159 Å². The number of fused-ring (bicyclic) bond motifs is 3. The molecule has 0 bridgehead atoms. The molecule has 1 aliphatic rings. The van der Waals surface area contributed by atoms with Gasteiger partial charge in [0.1, 0.15) is 4.83 Å². The zero-order valence-corrected chi connectivity index (χ0v) is 16.7. The summed E-state index contributed by atoms with van der Waals surface area (Å²) in [6.45, 7) is 4.62. The van der Waals surface area contributed by atoms with E-state index in [9.17, 15) is 14.4 Å². The molecule has 2 heterocycles. The number of amides is 3. The van der Waals surface area contributed by atoms with Gasteiger partial charge in [-0.2, -0.15) is 0 Å². The first-order valence-corrected chi connectivity index (χ1v) is 10.4. The van der Waals surface area contributed by atoms with Crippen LogP contribution in [0.25, 0.3) is 10.2 Å². The second-order valence-electron chi connectivity index (χ2n) is 6.39. The maximum absolute atomic E-state index is 13.0. The van der Waals surface area contributed by atoms with Crippen LogP contribution in [0.2, 0.25) is 0 Å². The summed E-state index contributed by atoms with van der Waals surface area (Å²) in [6, 6.07) is -0.549. The highest BCUT2D eigenvalue weighted by molar-refractivity contribution is 7.99. The van der Waals surface area contributed by atoms with Gasteiger partial charge in [-0.15, -0.1) is 11.3 Å². The van der Waals surface area contributed by atoms with Crippen molar-refractivity contribution in [1.29, 1.82) is 0 Å². The van der Waals surface area contributed by atoms with Crippen molar-refractivity contribution < 1.29 is 9.59 Å². The molecule has 0 radical (unpaired) electrons. The summed E-state index contributed by atoms with van der Waals surface area (Å²) in [7, 11) is 1.44. The number of carbonyl (C=O) groups is 2. The van der Waals surface area contributed by atoms with Crippen LogP contribution in [0.3, 0.4) is 0 Å². The molecule has 0 spiro atoms. The maximum atomic E-state index is 13.0. The summed E-state index contributed by atoms with van der Waals surface area (Å²) in [5.41, 5.74) is 1.13. The Bertz CT molecular complexity index is 919. The van der Waals surface area contributed by atoms with Gasteiger partial charge in [0.15, 0.2) is 5.16 Å². The van der Waals surface area contributed by atoms with Crippen LogP contribution in [0.15, 0.2) is 9.95 Å². The number of hydrogen-bond acceptors (Lipinski definition) is 6. The van der Waals surface area contributed by atoms with E-state index in [0.717, 1.165) is 35.0 Å². The number of rotatable bonds is 4. The van der Waals surface area contributed by atoms with E-state index in [1.165, 1.54) is 23.7 Å². The molecule has 1 atom stereocenters. The number of nitrogens with zero attached hydrogens (tertiary/aromatic N) is 2. The molecule has 0 saturated carbocycles. The van der Waals surface area contributed by atoms with Gasteiger partial charge in [-0.05, 0) is 37.7 Å². The number of aryl methyl sites for hydroxylation is 1. The number of thiophene rings is 1. The molecular weight excluding hydrogens is 372 g/mol. The Morgan fingerprint density at radius 3 is 2.88 bits per heavy atom. The number of thioether (sulfide) groups is 1. The Kier molecular flexibility index (Phi) is 5.67. The van der Waals surface area contributed by atoms with Crippen molar-refractivity contribution in [3.63, 3.8) is 0 Å². The zero-order valence-electron chi connectivity index (χ0n) is 15.0. The van der Waals surface area contributed by atoms with Crippen LogP contribution >= 0.6 is 23.1 Å². The van der Waals surface area contributed by atoms with Crippen LogP contribution in [0.5, 0.6) is 0 Å². The van der Waals surface area contributed by atoms with Crippen molar-refractivity contribution in [2.75, 3.05) is 12.8 Å². The fourth-order valence-corrected chi connectivity index (χ4v) is 5.44. The van der Waals surface area contributed by atoms with Gasteiger partial charge < -0.3 is 5.32 Å². The van der Waals surface area contributed by atoms with Crippen molar-refractivity contribution in [3.05, 3.63) is 20.8 Å². The van der Waals surface area contributed by atoms with Gasteiger partial charge in [-0.25, -0.2) is 9.78 Å². The van der Waals surface area contributed by atoms with E-state index in [2.05, 4.69) is 22.5 Å². The quantitative estimate of drug-likeness (QED) is 0.612. The van der Waals surface area contributed by atoms with E-state index in [4.69, 9.17) is 0 Å². The molecule has 1 aliphatic carbocycles. The molecule has 7 nitrogen and oxygen atoms in total. The summed E-state index contributed by atoms with van der Waals surface area (Å²) in [5.74, 6) is 0.227. The van der Waals surface area contributed by atoms with Crippen molar-refractivity contribution >= 4 is 45.3 Å². The topological polar surface area (TPSA) is 93.1 Å². The minimum absolute atomic E-state index is 0.0213. The molecule has 9 heteroatoms. The van der Waals surface area contributed by atoms with E-state index in [1.807, 2.05) is 6.92 Å². The lowest BCUT2D eigenvalue weighted by atomic mass is 9.89. The first-order valence-electron chi connectivity index (χ1n) is 8.64. The fourth-order valence-electron chi connectivity index (χ4n) is 3.15. The lowest BCUT2D eigenvalue weighted by Gasteiger charge is -2.17. The number of urea groups is 1. The third kappa shape index (κ3) is 3.64. The highest BCUT2D eigenvalue weighted by Gasteiger charge is 2.24. The molecule has 2 N–H and O–H groups in total. The lowest BCUT2D eigenvalue weighted by molar-refractivity contribution is -0.117. The molecule has 2 aromatic rings. The second-order valence-corrected chi connectivity index (χ2v) is 8.42. The van der Waals surface area contributed by atoms with Crippen LogP contribution in [0.1, 0.15) is 30.7 Å². The summed E-state index contributed by atoms with van der Waals surface area (Å²) in [4.78, 5) is 42.7. The minimum Gasteiger partial charge on any atom is -0.341 e. The average Bonchev–Trinajstić information content (AvgIpc) is 2.97. The average molecular weight is 395 g/mol. The third-order valence-electron chi connectivity index (χ3n) is 4.51. The summed E-state index contributed by atoms with van der Waals surface area (Å²) >= 11 is 2.77.